The van der Waals surface area contributed by atoms with Gasteiger partial charge in [0.2, 0.25) is 0 Å². The molecule has 0 saturated carbocycles. The summed E-state index contributed by atoms with van der Waals surface area (Å²) in [7, 11) is 0. The van der Waals surface area contributed by atoms with Crippen molar-refractivity contribution in [3.8, 4) is 11.4 Å². The largest absolute Gasteiger partial charge is 0.278 e. The fourth-order valence-corrected chi connectivity index (χ4v) is 3.10. The number of benzene rings is 3. The molecule has 1 heterocycles. The first-order valence-corrected chi connectivity index (χ1v) is 8.47. The van der Waals surface area contributed by atoms with Crippen LogP contribution in [-0.4, -0.2) is 9.36 Å². The van der Waals surface area contributed by atoms with Gasteiger partial charge in [0, 0.05) is 0 Å². The molecular formula is C22H18N2O2. The predicted molar refractivity (Wildman–Crippen MR) is 105 cm³/mol. The summed E-state index contributed by atoms with van der Waals surface area (Å²) in [5.74, 6) is 0. The SMILES string of the molecule is Cc1ccc(-n2c(=O)c3ccccc3c(=O)n2-c2ccc(C)cc2)cc1. The summed E-state index contributed by atoms with van der Waals surface area (Å²) >= 11 is 0. The molecule has 1 aromatic heterocycles. The molecule has 0 spiro atoms. The zero-order chi connectivity index (χ0) is 18.3. The fourth-order valence-electron chi connectivity index (χ4n) is 3.10. The summed E-state index contributed by atoms with van der Waals surface area (Å²) in [5, 5.41) is 0.836. The van der Waals surface area contributed by atoms with Crippen molar-refractivity contribution in [2.45, 2.75) is 13.8 Å². The van der Waals surface area contributed by atoms with E-state index in [9.17, 15) is 9.59 Å². The smallest absolute Gasteiger partial charge is 0.267 e. The number of aromatic nitrogens is 2. The average molecular weight is 342 g/mol. The van der Waals surface area contributed by atoms with Gasteiger partial charge in [0.05, 0.1) is 22.1 Å². The summed E-state index contributed by atoms with van der Waals surface area (Å²) in [4.78, 5) is 26.5. The van der Waals surface area contributed by atoms with Gasteiger partial charge in [-0.05, 0) is 50.2 Å². The second-order valence-electron chi connectivity index (χ2n) is 6.45. The molecule has 4 rings (SSSR count). The Labute approximate surface area is 150 Å². The van der Waals surface area contributed by atoms with Crippen molar-refractivity contribution in [1.29, 1.82) is 0 Å². The van der Waals surface area contributed by atoms with Gasteiger partial charge in [0.15, 0.2) is 0 Å². The lowest BCUT2D eigenvalue weighted by Crippen LogP contribution is -2.36. The number of fused-ring (bicyclic) bond motifs is 1. The zero-order valence-corrected chi connectivity index (χ0v) is 14.6. The maximum atomic E-state index is 13.2. The van der Waals surface area contributed by atoms with Gasteiger partial charge in [-0.3, -0.25) is 9.59 Å². The van der Waals surface area contributed by atoms with Gasteiger partial charge < -0.3 is 0 Å². The second-order valence-corrected chi connectivity index (χ2v) is 6.45. The van der Waals surface area contributed by atoms with E-state index in [1.807, 2.05) is 62.4 Å². The van der Waals surface area contributed by atoms with Crippen molar-refractivity contribution in [2.75, 3.05) is 0 Å². The molecule has 4 aromatic rings. The number of nitrogens with zero attached hydrogens (tertiary/aromatic N) is 2. The Hall–Kier alpha value is -3.40. The third-order valence-corrected chi connectivity index (χ3v) is 4.53. The van der Waals surface area contributed by atoms with Crippen LogP contribution in [0.4, 0.5) is 0 Å². The highest BCUT2D eigenvalue weighted by atomic mass is 16.2. The topological polar surface area (TPSA) is 44.0 Å². The van der Waals surface area contributed by atoms with E-state index in [-0.39, 0.29) is 11.1 Å². The van der Waals surface area contributed by atoms with Gasteiger partial charge in [-0.2, -0.15) is 0 Å². The molecule has 0 saturated heterocycles. The molecule has 0 amide bonds. The van der Waals surface area contributed by atoms with E-state index in [1.165, 1.54) is 9.36 Å². The van der Waals surface area contributed by atoms with Gasteiger partial charge in [-0.1, -0.05) is 47.5 Å². The highest BCUT2D eigenvalue weighted by molar-refractivity contribution is 5.81. The lowest BCUT2D eigenvalue weighted by atomic mass is 10.1. The van der Waals surface area contributed by atoms with Crippen LogP contribution in [0.2, 0.25) is 0 Å². The molecule has 4 nitrogen and oxygen atoms in total. The Morgan fingerprint density at radius 1 is 0.538 bits per heavy atom. The summed E-state index contributed by atoms with van der Waals surface area (Å²) < 4.78 is 2.91. The lowest BCUT2D eigenvalue weighted by molar-refractivity contribution is 0.677. The zero-order valence-electron chi connectivity index (χ0n) is 14.6. The minimum atomic E-state index is -0.218. The number of hydrogen-bond donors (Lipinski definition) is 0. The summed E-state index contributed by atoms with van der Waals surface area (Å²) in [5.41, 5.74) is 3.06. The Balaban J connectivity index is 2.17. The van der Waals surface area contributed by atoms with Crippen molar-refractivity contribution < 1.29 is 0 Å². The molecule has 0 N–H and O–H groups in total. The Bertz CT molecular complexity index is 1120. The first-order chi connectivity index (χ1) is 12.6. The third kappa shape index (κ3) is 2.56. The molecule has 0 bridgehead atoms. The van der Waals surface area contributed by atoms with Crippen LogP contribution in [0, 0.1) is 13.8 Å². The molecule has 0 fully saturated rings. The molecule has 0 aliphatic heterocycles. The number of rotatable bonds is 2. The minimum absolute atomic E-state index is 0.218. The maximum Gasteiger partial charge on any atom is 0.278 e. The number of hydrogen-bond acceptors (Lipinski definition) is 2. The molecule has 0 unspecified atom stereocenters. The van der Waals surface area contributed by atoms with Gasteiger partial charge >= 0.3 is 0 Å². The van der Waals surface area contributed by atoms with Crippen molar-refractivity contribution in [1.82, 2.24) is 9.36 Å². The summed E-state index contributed by atoms with van der Waals surface area (Å²) in [6, 6.07) is 22.1. The van der Waals surface area contributed by atoms with Crippen LogP contribution in [0.15, 0.2) is 82.4 Å². The van der Waals surface area contributed by atoms with Crippen molar-refractivity contribution in [3.05, 3.63) is 105 Å². The molecular weight excluding hydrogens is 324 g/mol. The molecule has 26 heavy (non-hydrogen) atoms. The highest BCUT2D eigenvalue weighted by Crippen LogP contribution is 2.14. The lowest BCUT2D eigenvalue weighted by Gasteiger charge is -2.17. The van der Waals surface area contributed by atoms with E-state index in [0.717, 1.165) is 11.1 Å². The van der Waals surface area contributed by atoms with Crippen molar-refractivity contribution in [2.24, 2.45) is 0 Å². The molecule has 0 atom stereocenters. The average Bonchev–Trinajstić information content (AvgIpc) is 2.66. The van der Waals surface area contributed by atoms with Crippen molar-refractivity contribution >= 4 is 10.8 Å². The Kier molecular flexibility index (Phi) is 3.81. The molecule has 128 valence electrons. The quantitative estimate of drug-likeness (QED) is 0.557. The monoisotopic (exact) mass is 342 g/mol. The minimum Gasteiger partial charge on any atom is -0.267 e. The van der Waals surface area contributed by atoms with E-state index in [2.05, 4.69) is 0 Å². The van der Waals surface area contributed by atoms with E-state index in [0.29, 0.717) is 22.1 Å². The van der Waals surface area contributed by atoms with Crippen LogP contribution < -0.4 is 11.1 Å². The Morgan fingerprint density at radius 2 is 0.885 bits per heavy atom. The van der Waals surface area contributed by atoms with Gasteiger partial charge in [-0.15, -0.1) is 0 Å². The van der Waals surface area contributed by atoms with E-state index >= 15 is 0 Å². The molecule has 0 aliphatic rings. The first kappa shape index (κ1) is 16.1. The highest BCUT2D eigenvalue weighted by Gasteiger charge is 2.15. The second kappa shape index (κ2) is 6.15. The van der Waals surface area contributed by atoms with Gasteiger partial charge in [0.1, 0.15) is 0 Å². The van der Waals surface area contributed by atoms with E-state index in [4.69, 9.17) is 0 Å². The van der Waals surface area contributed by atoms with Crippen LogP contribution in [-0.2, 0) is 0 Å². The number of aryl methyl sites for hydroxylation is 2. The molecule has 0 aliphatic carbocycles. The van der Waals surface area contributed by atoms with Crippen LogP contribution in [0.25, 0.3) is 22.1 Å². The van der Waals surface area contributed by atoms with Crippen molar-refractivity contribution in [3.63, 3.8) is 0 Å². The Morgan fingerprint density at radius 3 is 1.23 bits per heavy atom. The van der Waals surface area contributed by atoms with E-state index < -0.39 is 0 Å². The molecule has 3 aromatic carbocycles. The van der Waals surface area contributed by atoms with Crippen LogP contribution in [0.3, 0.4) is 0 Å². The summed E-state index contributed by atoms with van der Waals surface area (Å²) in [6.45, 7) is 3.97. The first-order valence-electron chi connectivity index (χ1n) is 8.47. The summed E-state index contributed by atoms with van der Waals surface area (Å²) in [6.07, 6.45) is 0. The standard InChI is InChI=1S/C22H18N2O2/c1-15-7-11-17(12-8-15)23-21(25)19-5-3-4-6-20(19)22(26)24(23)18-13-9-16(2)10-14-18/h3-14H,1-2H3. The van der Waals surface area contributed by atoms with Crippen LogP contribution in [0.5, 0.6) is 0 Å². The van der Waals surface area contributed by atoms with Gasteiger partial charge in [-0.25, -0.2) is 9.36 Å². The normalized spacial score (nSPS) is 11.0. The fraction of sp³-hybridized carbons (Fsp3) is 0.0909. The van der Waals surface area contributed by atoms with Crippen LogP contribution >= 0.6 is 0 Å². The van der Waals surface area contributed by atoms with Crippen LogP contribution in [0.1, 0.15) is 11.1 Å². The predicted octanol–water partition coefficient (Wildman–Crippen LogP) is 3.76. The van der Waals surface area contributed by atoms with E-state index in [1.54, 1.807) is 24.3 Å². The third-order valence-electron chi connectivity index (χ3n) is 4.53. The molecule has 4 heteroatoms. The maximum absolute atomic E-state index is 13.2. The molecule has 0 radical (unpaired) electrons. The van der Waals surface area contributed by atoms with Gasteiger partial charge in [0.25, 0.3) is 11.1 Å².